The van der Waals surface area contributed by atoms with E-state index < -0.39 is 26.0 Å². The topological polar surface area (TPSA) is 113 Å². The van der Waals surface area contributed by atoms with Gasteiger partial charge in [-0.2, -0.15) is 8.78 Å². The number of amides is 1. The van der Waals surface area contributed by atoms with Crippen LogP contribution in [-0.4, -0.2) is 22.9 Å². The van der Waals surface area contributed by atoms with E-state index in [1.54, 1.807) is 0 Å². The highest BCUT2D eigenvalue weighted by atomic mass is 31.1. The number of carboxylic acid groups (broad SMARTS) is 1. The summed E-state index contributed by atoms with van der Waals surface area (Å²) in [6.45, 7) is 0. The van der Waals surface area contributed by atoms with E-state index in [1.165, 1.54) is 0 Å². The van der Waals surface area contributed by atoms with Crippen molar-refractivity contribution < 1.29 is 33.3 Å². The molecule has 1 N–H and O–H groups in total. The minimum atomic E-state index is -4.78. The van der Waals surface area contributed by atoms with E-state index in [2.05, 4.69) is 0 Å². The van der Waals surface area contributed by atoms with Crippen LogP contribution >= 0.6 is 8.17 Å². The molecule has 0 heterocycles. The predicted molar refractivity (Wildman–Crippen MR) is 26.9 cm³/mol. The number of carbonyl (C=O) groups excluding carboxylic acids is 1. The van der Waals surface area contributed by atoms with Crippen LogP contribution < -0.4 is 9.79 Å². The van der Waals surface area contributed by atoms with E-state index in [9.17, 15) is 28.2 Å². The molecule has 9 heteroatoms. The van der Waals surface area contributed by atoms with E-state index in [1.807, 2.05) is 4.74 Å². The first kappa shape index (κ1) is 11.0. The van der Waals surface area contributed by atoms with E-state index in [4.69, 9.17) is 5.11 Å². The molecule has 0 unspecified atom stereocenters. The van der Waals surface area contributed by atoms with Crippen LogP contribution in [0.3, 0.4) is 0 Å². The van der Waals surface area contributed by atoms with Crippen LogP contribution in [-0.2, 0) is 9.59 Å². The fourth-order valence-corrected chi connectivity index (χ4v) is 0.502. The van der Waals surface area contributed by atoms with Crippen LogP contribution in [0.1, 0.15) is 0 Å². The molecule has 0 bridgehead atoms. The van der Waals surface area contributed by atoms with Gasteiger partial charge in [0.15, 0.2) is 0 Å². The number of aliphatic carboxylic acids is 1. The van der Waals surface area contributed by atoms with Crippen LogP contribution in [0.2, 0.25) is 0 Å². The summed E-state index contributed by atoms with van der Waals surface area (Å²) in [5.74, 6) is -10.0. The minimum Gasteiger partial charge on any atom is -0.614 e. The Kier molecular flexibility index (Phi) is 3.32. The van der Waals surface area contributed by atoms with Gasteiger partial charge in [-0.1, -0.05) is 0 Å². The lowest BCUT2D eigenvalue weighted by atomic mass is 10.3. The summed E-state index contributed by atoms with van der Waals surface area (Å²) < 4.78 is 25.8. The fourth-order valence-electron chi connectivity index (χ4n) is 0.228. The monoisotopic (exact) mass is 200 g/mol. The molecule has 0 aromatic heterocycles. The summed E-state index contributed by atoms with van der Waals surface area (Å²) >= 11 is 0. The van der Waals surface area contributed by atoms with Crippen molar-refractivity contribution in [3.63, 3.8) is 0 Å². The number of hydrogen-bond acceptors (Lipinski definition) is 4. The number of carbonyl (C=O) groups is 2. The van der Waals surface area contributed by atoms with Gasteiger partial charge in [0, 0.05) is 0 Å². The van der Waals surface area contributed by atoms with Crippen molar-refractivity contribution in [3.05, 3.63) is 0 Å². The minimum absolute atomic E-state index is 1.85. The van der Waals surface area contributed by atoms with Crippen molar-refractivity contribution >= 4 is 20.0 Å². The average Bonchev–Trinajstić information content (AvgIpc) is 1.85. The Morgan fingerprint density at radius 2 is 1.83 bits per heavy atom. The number of rotatable bonds is 2. The number of halogens is 2. The summed E-state index contributed by atoms with van der Waals surface area (Å²) in [4.78, 5) is 38.9. The second-order valence-electron chi connectivity index (χ2n) is 1.52. The van der Waals surface area contributed by atoms with Gasteiger partial charge in [0.1, 0.15) is 8.17 Å². The third-order valence-corrected chi connectivity index (χ3v) is 1.05. The van der Waals surface area contributed by atoms with Crippen LogP contribution in [0.15, 0.2) is 4.74 Å². The van der Waals surface area contributed by atoms with E-state index >= 15 is 0 Å². The van der Waals surface area contributed by atoms with Crippen LogP contribution in [0.4, 0.5) is 8.78 Å². The van der Waals surface area contributed by atoms with E-state index in [-0.39, 0.29) is 0 Å². The zero-order chi connectivity index (χ0) is 9.94. The Bertz CT molecular complexity index is 247. The second-order valence-corrected chi connectivity index (χ2v) is 2.20. The van der Waals surface area contributed by atoms with Crippen molar-refractivity contribution in [1.29, 1.82) is 0 Å². The Hall–Kier alpha value is -0.980. The molecule has 0 radical (unpaired) electrons. The fraction of sp³-hybridized carbons (Fsp3) is 0.333. The van der Waals surface area contributed by atoms with Crippen molar-refractivity contribution in [3.8, 4) is 0 Å². The molecular formula is C3HF2NO5P-. The SMILES string of the molecule is O=C(O)C(F)(F)C(=O)N=[P+]([O-])[O-]. The summed E-state index contributed by atoms with van der Waals surface area (Å²) in [6.07, 6.45) is 0. The molecule has 0 saturated carbocycles. The van der Waals surface area contributed by atoms with Crippen LogP contribution in [0.5, 0.6) is 0 Å². The number of alkyl halides is 2. The highest BCUT2D eigenvalue weighted by molar-refractivity contribution is 7.31. The maximum atomic E-state index is 12.0. The van der Waals surface area contributed by atoms with Gasteiger partial charge in [0.25, 0.3) is 0 Å². The first-order valence-electron chi connectivity index (χ1n) is 2.30. The average molecular weight is 200 g/mol. The van der Waals surface area contributed by atoms with Gasteiger partial charge in [-0.15, -0.1) is 0 Å². The third-order valence-electron chi connectivity index (χ3n) is 0.710. The van der Waals surface area contributed by atoms with Crippen molar-refractivity contribution in [2.24, 2.45) is 4.74 Å². The molecule has 0 spiro atoms. The Balaban J connectivity index is 4.70. The Morgan fingerprint density at radius 3 is 2.08 bits per heavy atom. The van der Waals surface area contributed by atoms with Crippen molar-refractivity contribution in [2.75, 3.05) is 0 Å². The molecule has 6 nitrogen and oxygen atoms in total. The molecule has 0 aliphatic rings. The molecule has 0 aliphatic carbocycles. The van der Waals surface area contributed by atoms with Gasteiger partial charge in [0.2, 0.25) is 0 Å². The van der Waals surface area contributed by atoms with Crippen molar-refractivity contribution in [2.45, 2.75) is 5.92 Å². The highest BCUT2D eigenvalue weighted by Crippen LogP contribution is 2.18. The highest BCUT2D eigenvalue weighted by Gasteiger charge is 2.49. The Labute approximate surface area is 65.1 Å². The van der Waals surface area contributed by atoms with E-state index in [0.29, 0.717) is 0 Å². The van der Waals surface area contributed by atoms with Gasteiger partial charge in [-0.25, -0.2) is 4.79 Å². The molecule has 12 heavy (non-hydrogen) atoms. The first-order chi connectivity index (χ1) is 5.28. The van der Waals surface area contributed by atoms with Gasteiger partial charge in [0.05, 0.1) is 0 Å². The molecule has 0 saturated heterocycles. The molecule has 0 fully saturated rings. The van der Waals surface area contributed by atoms with Gasteiger partial charge < -0.3 is 14.9 Å². The smallest absolute Gasteiger partial charge is 0.424 e. The van der Waals surface area contributed by atoms with Gasteiger partial charge in [-0.05, 0) is 4.74 Å². The maximum Gasteiger partial charge on any atom is 0.424 e. The van der Waals surface area contributed by atoms with Crippen LogP contribution in [0.25, 0.3) is 0 Å². The number of hydrogen-bond donors (Lipinski definition) is 1. The van der Waals surface area contributed by atoms with Crippen LogP contribution in [0, 0.1) is 0 Å². The predicted octanol–water partition coefficient (Wildman–Crippen LogP) is -1.55. The molecule has 0 aliphatic heterocycles. The second kappa shape index (κ2) is 3.61. The van der Waals surface area contributed by atoms with Gasteiger partial charge in [-0.3, -0.25) is 4.79 Å². The first-order valence-corrected chi connectivity index (χ1v) is 3.43. The summed E-state index contributed by atoms with van der Waals surface area (Å²) in [5.41, 5.74) is 0. The number of carboxylic acids is 1. The standard InChI is InChI=1S/C3H2F2NO5P/c4-3(5,2(8)9)1(7)6-12(10)11/h(H,8,9)(H,6,7,10,11)/p-1. The molecular weight excluding hydrogens is 199 g/mol. The normalized spacial score (nSPS) is 10.7. The summed E-state index contributed by atoms with van der Waals surface area (Å²) in [6, 6.07) is 0. The molecule has 0 atom stereocenters. The third kappa shape index (κ3) is 2.57. The molecule has 0 aromatic rings. The molecule has 1 amide bonds. The molecule has 0 rings (SSSR count). The zero-order valence-corrected chi connectivity index (χ0v) is 6.12. The largest absolute Gasteiger partial charge is 0.614 e. The Morgan fingerprint density at radius 1 is 1.42 bits per heavy atom. The van der Waals surface area contributed by atoms with Crippen molar-refractivity contribution in [1.82, 2.24) is 0 Å². The molecule has 68 valence electrons. The lowest BCUT2D eigenvalue weighted by Crippen LogP contribution is -2.36. The lowest BCUT2D eigenvalue weighted by Gasteiger charge is -2.04. The molecule has 0 aromatic carbocycles. The van der Waals surface area contributed by atoms with Gasteiger partial charge >= 0.3 is 17.8 Å². The van der Waals surface area contributed by atoms with E-state index in [0.717, 1.165) is 0 Å². The zero-order valence-electron chi connectivity index (χ0n) is 5.23. The lowest BCUT2D eigenvalue weighted by molar-refractivity contribution is -0.285. The maximum absolute atomic E-state index is 12.0. The number of nitrogens with zero attached hydrogens (tertiary/aromatic N) is 1. The quantitative estimate of drug-likeness (QED) is 0.428. The summed E-state index contributed by atoms with van der Waals surface area (Å²) in [5, 5.41) is 7.70. The summed E-state index contributed by atoms with van der Waals surface area (Å²) in [7, 11) is -3.70.